The molecule has 0 fully saturated rings. The van der Waals surface area contributed by atoms with E-state index >= 15 is 0 Å². The van der Waals surface area contributed by atoms with Crippen LogP contribution in [0, 0.1) is 6.92 Å². The summed E-state index contributed by atoms with van der Waals surface area (Å²) >= 11 is 3.42. The Bertz CT molecular complexity index is 402. The molecule has 0 radical (unpaired) electrons. The molecule has 0 saturated carbocycles. The summed E-state index contributed by atoms with van der Waals surface area (Å²) in [5.41, 5.74) is 3.03. The van der Waals surface area contributed by atoms with E-state index in [-0.39, 0.29) is 12.4 Å². The van der Waals surface area contributed by atoms with E-state index < -0.39 is 0 Å². The molecule has 0 aromatic heterocycles. The van der Waals surface area contributed by atoms with Crippen LogP contribution in [-0.4, -0.2) is 19.7 Å². The number of hydrogen-bond acceptors (Lipinski definition) is 3. The van der Waals surface area contributed by atoms with Crippen molar-refractivity contribution in [2.75, 3.05) is 13.7 Å². The Balaban J connectivity index is 3.04. The SMILES string of the molecule is CCOC(=O)Cc1cc(C)cc(CBr)c1OC. The summed E-state index contributed by atoms with van der Waals surface area (Å²) in [6.45, 7) is 4.20. The van der Waals surface area contributed by atoms with Gasteiger partial charge in [-0.25, -0.2) is 0 Å². The normalized spacial score (nSPS) is 10.1. The van der Waals surface area contributed by atoms with Crippen molar-refractivity contribution >= 4 is 21.9 Å². The van der Waals surface area contributed by atoms with E-state index in [0.717, 1.165) is 22.4 Å². The van der Waals surface area contributed by atoms with Crippen molar-refractivity contribution < 1.29 is 14.3 Å². The van der Waals surface area contributed by atoms with Crippen molar-refractivity contribution in [2.45, 2.75) is 25.6 Å². The minimum atomic E-state index is -0.225. The second-order valence-electron chi connectivity index (χ2n) is 3.73. The molecule has 0 aliphatic carbocycles. The van der Waals surface area contributed by atoms with Gasteiger partial charge in [-0.1, -0.05) is 33.6 Å². The summed E-state index contributed by atoms with van der Waals surface area (Å²) in [5.74, 6) is 0.539. The predicted molar refractivity (Wildman–Crippen MR) is 70.7 cm³/mol. The van der Waals surface area contributed by atoms with Gasteiger partial charge in [0.25, 0.3) is 0 Å². The molecule has 0 N–H and O–H groups in total. The highest BCUT2D eigenvalue weighted by Gasteiger charge is 2.13. The molecule has 1 aromatic rings. The summed E-state index contributed by atoms with van der Waals surface area (Å²) in [5, 5.41) is 0.702. The lowest BCUT2D eigenvalue weighted by Gasteiger charge is -2.13. The summed E-state index contributed by atoms with van der Waals surface area (Å²) in [6, 6.07) is 4.00. The quantitative estimate of drug-likeness (QED) is 0.619. The van der Waals surface area contributed by atoms with Gasteiger partial charge < -0.3 is 9.47 Å². The van der Waals surface area contributed by atoms with Gasteiger partial charge in [-0.05, 0) is 13.8 Å². The molecule has 0 aliphatic rings. The van der Waals surface area contributed by atoms with Crippen LogP contribution >= 0.6 is 15.9 Å². The molecule has 1 aromatic carbocycles. The third-order valence-corrected chi connectivity index (χ3v) is 2.98. The molecule has 0 bridgehead atoms. The van der Waals surface area contributed by atoms with Crippen LogP contribution < -0.4 is 4.74 Å². The van der Waals surface area contributed by atoms with Crippen LogP contribution in [0.4, 0.5) is 0 Å². The fourth-order valence-electron chi connectivity index (χ4n) is 1.79. The lowest BCUT2D eigenvalue weighted by Crippen LogP contribution is -2.09. The number of carbonyl (C=O) groups is 1. The van der Waals surface area contributed by atoms with Crippen molar-refractivity contribution in [3.05, 3.63) is 28.8 Å². The molecule has 0 heterocycles. The molecule has 0 saturated heterocycles. The highest BCUT2D eigenvalue weighted by molar-refractivity contribution is 9.08. The fourth-order valence-corrected chi connectivity index (χ4v) is 2.21. The molecule has 1 rings (SSSR count). The standard InChI is InChI=1S/C13H17BrO3/c1-4-17-12(15)7-10-5-9(2)6-11(8-14)13(10)16-3/h5-6H,4,7-8H2,1-3H3. The minimum Gasteiger partial charge on any atom is -0.496 e. The van der Waals surface area contributed by atoms with Gasteiger partial charge >= 0.3 is 5.97 Å². The van der Waals surface area contributed by atoms with E-state index in [9.17, 15) is 4.79 Å². The van der Waals surface area contributed by atoms with Gasteiger partial charge in [0.15, 0.2) is 0 Å². The van der Waals surface area contributed by atoms with E-state index in [4.69, 9.17) is 9.47 Å². The molecule has 4 heteroatoms. The van der Waals surface area contributed by atoms with E-state index in [1.54, 1.807) is 14.0 Å². The van der Waals surface area contributed by atoms with Crippen LogP contribution in [0.5, 0.6) is 5.75 Å². The Labute approximate surface area is 110 Å². The number of hydrogen-bond donors (Lipinski definition) is 0. The zero-order valence-electron chi connectivity index (χ0n) is 10.4. The highest BCUT2D eigenvalue weighted by Crippen LogP contribution is 2.28. The summed E-state index contributed by atoms with van der Waals surface area (Å²) in [7, 11) is 1.62. The van der Waals surface area contributed by atoms with Crippen LogP contribution in [0.3, 0.4) is 0 Å². The molecule has 0 unspecified atom stereocenters. The molecule has 94 valence electrons. The smallest absolute Gasteiger partial charge is 0.310 e. The van der Waals surface area contributed by atoms with E-state index in [0.29, 0.717) is 11.9 Å². The van der Waals surface area contributed by atoms with Crippen LogP contribution in [0.25, 0.3) is 0 Å². The number of halogens is 1. The fraction of sp³-hybridized carbons (Fsp3) is 0.462. The first kappa shape index (κ1) is 14.0. The monoisotopic (exact) mass is 300 g/mol. The third kappa shape index (κ3) is 3.73. The molecule has 0 amide bonds. The second-order valence-corrected chi connectivity index (χ2v) is 4.29. The Hall–Kier alpha value is -1.03. The van der Waals surface area contributed by atoms with Gasteiger partial charge in [0, 0.05) is 16.5 Å². The number of rotatable bonds is 5. The van der Waals surface area contributed by atoms with Gasteiger partial charge in [0.2, 0.25) is 0 Å². The van der Waals surface area contributed by atoms with E-state index in [2.05, 4.69) is 15.9 Å². The molecule has 3 nitrogen and oxygen atoms in total. The van der Waals surface area contributed by atoms with Crippen molar-refractivity contribution in [1.82, 2.24) is 0 Å². The van der Waals surface area contributed by atoms with Gasteiger partial charge in [-0.3, -0.25) is 4.79 Å². The second kappa shape index (κ2) is 6.64. The summed E-state index contributed by atoms with van der Waals surface area (Å²) in [4.78, 5) is 11.5. The van der Waals surface area contributed by atoms with Crippen molar-refractivity contribution in [3.8, 4) is 5.75 Å². The number of alkyl halides is 1. The number of aryl methyl sites for hydroxylation is 1. The van der Waals surface area contributed by atoms with Crippen LogP contribution in [-0.2, 0) is 21.3 Å². The van der Waals surface area contributed by atoms with Crippen LogP contribution in [0.2, 0.25) is 0 Å². The maximum Gasteiger partial charge on any atom is 0.310 e. The van der Waals surface area contributed by atoms with Crippen molar-refractivity contribution in [2.24, 2.45) is 0 Å². The van der Waals surface area contributed by atoms with E-state index in [1.165, 1.54) is 0 Å². The van der Waals surface area contributed by atoms with Gasteiger partial charge in [-0.2, -0.15) is 0 Å². The number of carbonyl (C=O) groups excluding carboxylic acids is 1. The number of methoxy groups -OCH3 is 1. The lowest BCUT2D eigenvalue weighted by atomic mass is 10.0. The van der Waals surface area contributed by atoms with Crippen molar-refractivity contribution in [1.29, 1.82) is 0 Å². The Morgan fingerprint density at radius 2 is 2.00 bits per heavy atom. The number of benzene rings is 1. The van der Waals surface area contributed by atoms with Gasteiger partial charge in [0.05, 0.1) is 20.1 Å². The highest BCUT2D eigenvalue weighted by atomic mass is 79.9. The molecule has 0 spiro atoms. The first-order valence-electron chi connectivity index (χ1n) is 5.50. The van der Waals surface area contributed by atoms with Crippen molar-refractivity contribution in [3.63, 3.8) is 0 Å². The number of esters is 1. The molecular formula is C13H17BrO3. The van der Waals surface area contributed by atoms with Crippen LogP contribution in [0.1, 0.15) is 23.6 Å². The molecule has 0 atom stereocenters. The topological polar surface area (TPSA) is 35.5 Å². The average Bonchev–Trinajstić information content (AvgIpc) is 2.28. The lowest BCUT2D eigenvalue weighted by molar-refractivity contribution is -0.142. The summed E-state index contributed by atoms with van der Waals surface area (Å²) in [6.07, 6.45) is 0.249. The Morgan fingerprint density at radius 1 is 1.35 bits per heavy atom. The third-order valence-electron chi connectivity index (χ3n) is 2.38. The average molecular weight is 301 g/mol. The summed E-state index contributed by atoms with van der Waals surface area (Å²) < 4.78 is 10.3. The van der Waals surface area contributed by atoms with Crippen LogP contribution in [0.15, 0.2) is 12.1 Å². The maximum atomic E-state index is 11.5. The first-order chi connectivity index (χ1) is 8.12. The first-order valence-corrected chi connectivity index (χ1v) is 6.62. The minimum absolute atomic E-state index is 0.225. The Kier molecular flexibility index (Phi) is 5.48. The molecule has 0 aliphatic heterocycles. The van der Waals surface area contributed by atoms with Gasteiger partial charge in [-0.15, -0.1) is 0 Å². The predicted octanol–water partition coefficient (Wildman–Crippen LogP) is 3.00. The maximum absolute atomic E-state index is 11.5. The van der Waals surface area contributed by atoms with Gasteiger partial charge in [0.1, 0.15) is 5.75 Å². The zero-order chi connectivity index (χ0) is 12.8. The zero-order valence-corrected chi connectivity index (χ0v) is 12.0. The Morgan fingerprint density at radius 3 is 2.53 bits per heavy atom. The van der Waals surface area contributed by atoms with E-state index in [1.807, 2.05) is 19.1 Å². The number of ether oxygens (including phenoxy) is 2. The molecular weight excluding hydrogens is 284 g/mol. The molecule has 17 heavy (non-hydrogen) atoms. The largest absolute Gasteiger partial charge is 0.496 e.